The van der Waals surface area contributed by atoms with Crippen LogP contribution in [0.15, 0.2) is 88.8 Å². The molecule has 2 aromatic heterocycles. The van der Waals surface area contributed by atoms with Crippen LogP contribution in [0.2, 0.25) is 0 Å². The number of pyridine rings is 2. The number of aromatic hydroxyl groups is 2. The summed E-state index contributed by atoms with van der Waals surface area (Å²) >= 11 is 0. The first-order valence-electron chi connectivity index (χ1n) is 15.4. The van der Waals surface area contributed by atoms with E-state index in [-0.39, 0.29) is 17.3 Å². The number of ketones is 1. The number of phenolic OH excluding ortho intramolecular Hbond substituents is 2. The predicted molar refractivity (Wildman–Crippen MR) is 189 cm³/mol. The maximum Gasteiger partial charge on any atom is 0.178 e. The number of benzene rings is 3. The summed E-state index contributed by atoms with van der Waals surface area (Å²) in [4.78, 5) is 29.6. The lowest BCUT2D eigenvalue weighted by molar-refractivity contribution is 0.101. The number of aromatic nitrogens is 2. The number of Topliss-reactive ketones (excluding diaryl/α,β-unsaturated/α-hetero) is 1. The van der Waals surface area contributed by atoms with Gasteiger partial charge in [-0.25, -0.2) is 9.97 Å². The Balaban J connectivity index is 0.000000212. The number of hydrogen-bond donors (Lipinski definition) is 2. The Labute approximate surface area is 271 Å². The molecule has 5 rings (SSSR count). The van der Waals surface area contributed by atoms with Gasteiger partial charge in [0.2, 0.25) is 0 Å². The van der Waals surface area contributed by atoms with Gasteiger partial charge in [0.1, 0.15) is 22.7 Å². The third kappa shape index (κ3) is 8.10. The molecule has 46 heavy (non-hydrogen) atoms. The average Bonchev–Trinajstić information content (AvgIpc) is 3.02. The molecule has 7 nitrogen and oxygen atoms in total. The van der Waals surface area contributed by atoms with Crippen LogP contribution in [-0.2, 0) is 0 Å². The van der Waals surface area contributed by atoms with Crippen LogP contribution in [0.3, 0.4) is 0 Å². The first kappa shape index (κ1) is 33.7. The van der Waals surface area contributed by atoms with Crippen molar-refractivity contribution in [1.29, 1.82) is 0 Å². The van der Waals surface area contributed by atoms with Gasteiger partial charge >= 0.3 is 0 Å². The third-order valence-electron chi connectivity index (χ3n) is 7.62. The summed E-state index contributed by atoms with van der Waals surface area (Å²) < 4.78 is 0. The van der Waals surface area contributed by atoms with Crippen molar-refractivity contribution in [2.75, 3.05) is 0 Å². The van der Waals surface area contributed by atoms with E-state index in [1.165, 1.54) is 18.1 Å². The molecule has 0 atom stereocenters. The highest BCUT2D eigenvalue weighted by Crippen LogP contribution is 2.35. The van der Waals surface area contributed by atoms with Gasteiger partial charge in [0.15, 0.2) is 5.78 Å². The normalized spacial score (nSPS) is 11.7. The Morgan fingerprint density at radius 3 is 1.93 bits per heavy atom. The Kier molecular flexibility index (Phi) is 10.8. The number of aryl methyl sites for hydroxylation is 2. The van der Waals surface area contributed by atoms with Crippen LogP contribution < -0.4 is 0 Å². The summed E-state index contributed by atoms with van der Waals surface area (Å²) in [6.07, 6.45) is 1.79. The molecule has 0 aliphatic rings. The summed E-state index contributed by atoms with van der Waals surface area (Å²) in [5.74, 6) is 1.16. The summed E-state index contributed by atoms with van der Waals surface area (Å²) in [6, 6.07) is 24.4. The fourth-order valence-corrected chi connectivity index (χ4v) is 5.18. The largest absolute Gasteiger partial charge is 0.508 e. The summed E-state index contributed by atoms with van der Waals surface area (Å²) in [6.45, 7) is 15.9. The summed E-state index contributed by atoms with van der Waals surface area (Å²) in [5, 5.41) is 20.5. The van der Waals surface area contributed by atoms with E-state index in [0.717, 1.165) is 39.3 Å². The number of nitrogens with zero attached hydrogens (tertiary/aromatic N) is 4. The van der Waals surface area contributed by atoms with Crippen LogP contribution in [0.1, 0.15) is 97.5 Å². The van der Waals surface area contributed by atoms with E-state index in [1.54, 1.807) is 36.5 Å². The molecule has 0 fully saturated rings. The lowest BCUT2D eigenvalue weighted by Crippen LogP contribution is -2.04. The van der Waals surface area contributed by atoms with Crippen molar-refractivity contribution in [3.05, 3.63) is 118 Å². The van der Waals surface area contributed by atoms with E-state index in [2.05, 4.69) is 60.9 Å². The molecule has 2 heterocycles. The molecule has 3 aromatic carbocycles. The molecule has 0 aliphatic carbocycles. The van der Waals surface area contributed by atoms with Gasteiger partial charge in [-0.3, -0.25) is 14.8 Å². The Bertz CT molecular complexity index is 1890. The molecule has 0 amide bonds. The maximum atomic E-state index is 11.4. The molecule has 0 bridgehead atoms. The summed E-state index contributed by atoms with van der Waals surface area (Å²) in [7, 11) is 0. The number of aliphatic imine (C=N–C) groups is 2. The molecular formula is C39H42N4O3. The zero-order valence-electron chi connectivity index (χ0n) is 27.8. The second-order valence-corrected chi connectivity index (χ2v) is 12.0. The van der Waals surface area contributed by atoms with E-state index in [4.69, 9.17) is 4.99 Å². The molecule has 0 radical (unpaired) electrons. The molecule has 0 spiro atoms. The second-order valence-electron chi connectivity index (χ2n) is 12.0. The predicted octanol–water partition coefficient (Wildman–Crippen LogP) is 9.69. The number of carbonyl (C=O) groups is 1. The molecule has 2 N–H and O–H groups in total. The van der Waals surface area contributed by atoms with Gasteiger partial charge in [-0.05, 0) is 91.3 Å². The topological polar surface area (TPSA) is 108 Å². The number of fused-ring (bicyclic) bond motifs is 1. The molecule has 0 unspecified atom stereocenters. The second kappa shape index (κ2) is 14.7. The smallest absolute Gasteiger partial charge is 0.178 e. The first-order valence-corrected chi connectivity index (χ1v) is 15.4. The van der Waals surface area contributed by atoms with Crippen LogP contribution in [0.5, 0.6) is 11.5 Å². The lowest BCUT2D eigenvalue weighted by Gasteiger charge is -2.16. The SMILES string of the molecule is CC(=O)c1cccc(C(C)=Nc2c(C)cc(O)cc2C)n1.CC(C)c1cccc(C(C)C)c1N=Cc1ccc2cccc(O)c2n1. The van der Waals surface area contributed by atoms with Gasteiger partial charge in [-0.2, -0.15) is 0 Å². The van der Waals surface area contributed by atoms with Crippen molar-refractivity contribution in [1.82, 2.24) is 9.97 Å². The van der Waals surface area contributed by atoms with Crippen molar-refractivity contribution in [3.8, 4) is 11.5 Å². The molecule has 236 valence electrons. The molecule has 7 heteroatoms. The van der Waals surface area contributed by atoms with Crippen molar-refractivity contribution in [2.24, 2.45) is 9.98 Å². The van der Waals surface area contributed by atoms with Crippen molar-refractivity contribution in [2.45, 2.75) is 67.2 Å². The average molecular weight is 615 g/mol. The standard InChI is InChI=1S/C22H24N2O.C17H18N2O2/c1-14(2)18-8-6-9-19(15(3)4)22(18)23-13-17-12-11-16-7-5-10-20(25)21(16)24-17;1-10-8-14(21)9-11(2)17(10)18-12(3)15-6-5-7-16(19-15)13(4)20/h5-15,25H,1-4H3;5-9,21H,1-4H3. The maximum absolute atomic E-state index is 11.4. The Morgan fingerprint density at radius 1 is 0.739 bits per heavy atom. The fourth-order valence-electron chi connectivity index (χ4n) is 5.18. The van der Waals surface area contributed by atoms with E-state index >= 15 is 0 Å². The van der Waals surface area contributed by atoms with Gasteiger partial charge < -0.3 is 10.2 Å². The number of rotatable bonds is 7. The monoisotopic (exact) mass is 614 g/mol. The minimum atomic E-state index is -0.0679. The van der Waals surface area contributed by atoms with Crippen molar-refractivity contribution >= 4 is 40.0 Å². The zero-order valence-corrected chi connectivity index (χ0v) is 27.8. The zero-order chi connectivity index (χ0) is 33.5. The van der Waals surface area contributed by atoms with Gasteiger partial charge in [0, 0.05) is 12.3 Å². The highest BCUT2D eigenvalue weighted by Gasteiger charge is 2.13. The van der Waals surface area contributed by atoms with Gasteiger partial charge in [0.05, 0.1) is 34.7 Å². The number of para-hydroxylation sites is 2. The van der Waals surface area contributed by atoms with Crippen LogP contribution in [0, 0.1) is 13.8 Å². The van der Waals surface area contributed by atoms with Crippen LogP contribution >= 0.6 is 0 Å². The van der Waals surface area contributed by atoms with Crippen LogP contribution in [0.25, 0.3) is 10.9 Å². The quantitative estimate of drug-likeness (QED) is 0.140. The third-order valence-corrected chi connectivity index (χ3v) is 7.62. The van der Waals surface area contributed by atoms with E-state index < -0.39 is 0 Å². The lowest BCUT2D eigenvalue weighted by atomic mass is 9.93. The van der Waals surface area contributed by atoms with Gasteiger partial charge in [-0.1, -0.05) is 70.2 Å². The van der Waals surface area contributed by atoms with Crippen molar-refractivity contribution < 1.29 is 15.0 Å². The van der Waals surface area contributed by atoms with Gasteiger partial charge in [0.25, 0.3) is 0 Å². The van der Waals surface area contributed by atoms with E-state index in [1.807, 2.05) is 51.1 Å². The van der Waals surface area contributed by atoms with Crippen LogP contribution in [-0.4, -0.2) is 37.9 Å². The minimum absolute atomic E-state index is 0.0679. The molecular weight excluding hydrogens is 572 g/mol. The van der Waals surface area contributed by atoms with E-state index in [0.29, 0.717) is 28.7 Å². The molecule has 0 saturated carbocycles. The first-order chi connectivity index (χ1) is 21.8. The molecule has 0 aliphatic heterocycles. The Morgan fingerprint density at radius 2 is 1.33 bits per heavy atom. The highest BCUT2D eigenvalue weighted by atomic mass is 16.3. The number of hydrogen-bond acceptors (Lipinski definition) is 7. The Hall–Kier alpha value is -5.17. The van der Waals surface area contributed by atoms with Crippen LogP contribution in [0.4, 0.5) is 11.4 Å². The van der Waals surface area contributed by atoms with Crippen molar-refractivity contribution in [3.63, 3.8) is 0 Å². The molecule has 0 saturated heterocycles. The number of carbonyl (C=O) groups excluding carboxylic acids is 1. The van der Waals surface area contributed by atoms with Gasteiger partial charge in [-0.15, -0.1) is 0 Å². The fraction of sp³-hybridized carbons (Fsp3) is 0.256. The highest BCUT2D eigenvalue weighted by molar-refractivity contribution is 6.00. The number of phenols is 2. The summed E-state index contributed by atoms with van der Waals surface area (Å²) in [5.41, 5.74) is 9.31. The van der Waals surface area contributed by atoms with E-state index in [9.17, 15) is 15.0 Å². The minimum Gasteiger partial charge on any atom is -0.508 e. The molecule has 5 aromatic rings.